The van der Waals surface area contributed by atoms with Crippen molar-refractivity contribution in [3.05, 3.63) is 58.4 Å². The topological polar surface area (TPSA) is 90.6 Å². The Morgan fingerprint density at radius 3 is 2.68 bits per heavy atom. The fourth-order valence-corrected chi connectivity index (χ4v) is 4.44. The molecule has 162 valence electrons. The van der Waals surface area contributed by atoms with E-state index in [2.05, 4.69) is 9.35 Å². The molecule has 0 radical (unpaired) electrons. The third-order valence-electron chi connectivity index (χ3n) is 5.55. The first-order valence-corrected chi connectivity index (χ1v) is 11.6. The van der Waals surface area contributed by atoms with E-state index in [4.69, 9.17) is 16.3 Å². The lowest BCUT2D eigenvalue weighted by Crippen LogP contribution is -2.19. The van der Waals surface area contributed by atoms with E-state index in [0.717, 1.165) is 30.0 Å². The average molecular weight is 460 g/mol. The van der Waals surface area contributed by atoms with Crippen LogP contribution in [0.1, 0.15) is 53.8 Å². The number of aromatic nitrogens is 2. The number of benzene rings is 2. The number of halogens is 1. The number of fused-ring (bicyclic) bond motifs is 1. The highest BCUT2D eigenvalue weighted by Gasteiger charge is 2.16. The largest absolute Gasteiger partial charge is 0.490 e. The van der Waals surface area contributed by atoms with Crippen LogP contribution >= 0.6 is 11.6 Å². The second kappa shape index (κ2) is 9.20. The zero-order valence-corrected chi connectivity index (χ0v) is 18.6. The van der Waals surface area contributed by atoms with Gasteiger partial charge in [0, 0.05) is 10.6 Å². The number of carbonyl (C=O) groups excluding carboxylic acids is 1. The molecule has 3 aromatic rings. The van der Waals surface area contributed by atoms with Gasteiger partial charge < -0.3 is 9.30 Å². The Morgan fingerprint density at radius 1 is 1.19 bits per heavy atom. The zero-order valence-electron chi connectivity index (χ0n) is 17.0. The average Bonchev–Trinajstić information content (AvgIpc) is 3.04. The molecule has 1 fully saturated rings. The predicted molar refractivity (Wildman–Crippen MR) is 118 cm³/mol. The van der Waals surface area contributed by atoms with Crippen LogP contribution in [0.3, 0.4) is 0 Å². The molecule has 0 bridgehead atoms. The fourth-order valence-electron chi connectivity index (χ4n) is 3.97. The molecule has 1 aliphatic rings. The molecular formula is C22H22ClN3O4S. The first kappa shape index (κ1) is 21.5. The first-order valence-electron chi connectivity index (χ1n) is 10.2. The highest BCUT2D eigenvalue weighted by molar-refractivity contribution is 7.62. The van der Waals surface area contributed by atoms with Crippen molar-refractivity contribution >= 4 is 39.0 Å². The van der Waals surface area contributed by atoms with Crippen LogP contribution in [0.2, 0.25) is 5.02 Å². The number of rotatable bonds is 5. The van der Waals surface area contributed by atoms with Gasteiger partial charge in [0.15, 0.2) is 0 Å². The maximum absolute atomic E-state index is 12.0. The van der Waals surface area contributed by atoms with Gasteiger partial charge in [-0.15, -0.1) is 0 Å². The van der Waals surface area contributed by atoms with Crippen molar-refractivity contribution in [3.63, 3.8) is 0 Å². The second-order valence-corrected chi connectivity index (χ2v) is 8.72. The lowest BCUT2D eigenvalue weighted by Gasteiger charge is -2.23. The molecule has 31 heavy (non-hydrogen) atoms. The SMILES string of the molecule is Cc1nc2ccc(C(=O)N=S(=O)=O)cc2n1Cc1ccc(OC2CCCCC2)cc1Cl. The minimum atomic E-state index is -2.80. The summed E-state index contributed by atoms with van der Waals surface area (Å²) in [5.74, 6) is 0.707. The van der Waals surface area contributed by atoms with Gasteiger partial charge in [-0.25, -0.2) is 4.98 Å². The molecule has 1 amide bonds. The standard InChI is InChI=1S/C22H22ClN3O4S/c1-14-24-20-10-8-15(22(27)25-31(28)29)11-21(20)26(14)13-16-7-9-18(12-19(16)23)30-17-5-3-2-4-6-17/h7-12,17H,2-6,13H2,1H3. The molecule has 0 saturated heterocycles. The number of hydrogen-bond donors (Lipinski definition) is 0. The molecule has 0 spiro atoms. The van der Waals surface area contributed by atoms with E-state index in [1.807, 2.05) is 29.7 Å². The van der Waals surface area contributed by atoms with Crippen LogP contribution in [0.25, 0.3) is 11.0 Å². The molecule has 0 N–H and O–H groups in total. The van der Waals surface area contributed by atoms with E-state index >= 15 is 0 Å². The van der Waals surface area contributed by atoms with Gasteiger partial charge >= 0.3 is 10.5 Å². The Bertz CT molecular complexity index is 1270. The molecular weight excluding hydrogens is 438 g/mol. The third kappa shape index (κ3) is 4.97. The summed E-state index contributed by atoms with van der Waals surface area (Å²) in [6.45, 7) is 2.32. The van der Waals surface area contributed by atoms with Crippen LogP contribution < -0.4 is 4.74 Å². The monoisotopic (exact) mass is 459 g/mol. The number of amides is 1. The van der Waals surface area contributed by atoms with E-state index in [1.165, 1.54) is 25.3 Å². The minimum absolute atomic E-state index is 0.181. The number of carbonyl (C=O) groups is 1. The normalized spacial score (nSPS) is 14.5. The van der Waals surface area contributed by atoms with Crippen molar-refractivity contribution in [2.75, 3.05) is 0 Å². The quantitative estimate of drug-likeness (QED) is 0.537. The predicted octanol–water partition coefficient (Wildman–Crippen LogP) is 4.96. The van der Waals surface area contributed by atoms with Crippen molar-refractivity contribution < 1.29 is 17.9 Å². The number of nitrogens with zero attached hydrogens (tertiary/aromatic N) is 3. The molecule has 4 rings (SSSR count). The van der Waals surface area contributed by atoms with Gasteiger partial charge in [-0.05, 0) is 68.5 Å². The Labute approximate surface area is 186 Å². The van der Waals surface area contributed by atoms with Crippen LogP contribution in [0.4, 0.5) is 0 Å². The number of imidazole rings is 1. The van der Waals surface area contributed by atoms with Gasteiger partial charge in [0.25, 0.3) is 5.91 Å². The number of aryl methyl sites for hydroxylation is 1. The summed E-state index contributed by atoms with van der Waals surface area (Å²) >= 11 is 6.56. The van der Waals surface area contributed by atoms with Gasteiger partial charge in [0.1, 0.15) is 11.6 Å². The molecule has 1 saturated carbocycles. The van der Waals surface area contributed by atoms with Crippen LogP contribution in [-0.2, 0) is 17.0 Å². The van der Waals surface area contributed by atoms with Gasteiger partial charge in [0.2, 0.25) is 0 Å². The summed E-state index contributed by atoms with van der Waals surface area (Å²) in [5, 5.41) is 0.596. The van der Waals surface area contributed by atoms with E-state index < -0.39 is 16.4 Å². The highest BCUT2D eigenvalue weighted by Crippen LogP contribution is 2.29. The Hall–Kier alpha value is -2.71. The van der Waals surface area contributed by atoms with Crippen LogP contribution in [0, 0.1) is 6.92 Å². The summed E-state index contributed by atoms with van der Waals surface area (Å²) in [6, 6.07) is 10.5. The summed E-state index contributed by atoms with van der Waals surface area (Å²) in [6.07, 6.45) is 6.08. The smallest absolute Gasteiger partial charge is 0.319 e. The molecule has 0 unspecified atom stereocenters. The highest BCUT2D eigenvalue weighted by atomic mass is 35.5. The Balaban J connectivity index is 1.61. The van der Waals surface area contributed by atoms with Crippen LogP contribution in [0.5, 0.6) is 5.75 Å². The summed E-state index contributed by atoms with van der Waals surface area (Å²) in [5.41, 5.74) is 2.47. The summed E-state index contributed by atoms with van der Waals surface area (Å²) in [4.78, 5) is 16.5. The molecule has 7 nitrogen and oxygen atoms in total. The molecule has 9 heteroatoms. The number of ether oxygens (including phenoxy) is 1. The zero-order chi connectivity index (χ0) is 22.0. The first-order chi connectivity index (χ1) is 14.9. The van der Waals surface area contributed by atoms with E-state index in [9.17, 15) is 13.2 Å². The van der Waals surface area contributed by atoms with Crippen molar-refractivity contribution in [3.8, 4) is 5.75 Å². The van der Waals surface area contributed by atoms with E-state index in [-0.39, 0.29) is 11.7 Å². The van der Waals surface area contributed by atoms with Crippen LogP contribution in [0.15, 0.2) is 40.8 Å². The summed E-state index contributed by atoms with van der Waals surface area (Å²) < 4.78 is 32.5. The van der Waals surface area contributed by atoms with E-state index in [0.29, 0.717) is 22.6 Å². The van der Waals surface area contributed by atoms with Gasteiger partial charge in [-0.1, -0.05) is 28.5 Å². The maximum Gasteiger partial charge on any atom is 0.319 e. The third-order valence-corrected chi connectivity index (χ3v) is 6.22. The minimum Gasteiger partial charge on any atom is -0.490 e. The van der Waals surface area contributed by atoms with Gasteiger partial charge in [0.05, 0.1) is 23.7 Å². The maximum atomic E-state index is 12.0. The Morgan fingerprint density at radius 2 is 1.97 bits per heavy atom. The lowest BCUT2D eigenvalue weighted by molar-refractivity contribution is 0.100. The molecule has 1 heterocycles. The van der Waals surface area contributed by atoms with E-state index in [1.54, 1.807) is 12.1 Å². The van der Waals surface area contributed by atoms with Crippen molar-refractivity contribution in [2.45, 2.75) is 51.7 Å². The molecule has 0 atom stereocenters. The second-order valence-electron chi connectivity index (χ2n) is 7.69. The van der Waals surface area contributed by atoms with Crippen molar-refractivity contribution in [2.24, 2.45) is 4.36 Å². The fraction of sp³-hybridized carbons (Fsp3) is 0.364. The molecule has 2 aromatic carbocycles. The van der Waals surface area contributed by atoms with Gasteiger partial charge in [-0.3, -0.25) is 4.79 Å². The molecule has 1 aromatic heterocycles. The Kier molecular flexibility index (Phi) is 6.38. The lowest BCUT2D eigenvalue weighted by atomic mass is 9.98. The van der Waals surface area contributed by atoms with Crippen molar-refractivity contribution in [1.82, 2.24) is 9.55 Å². The number of hydrogen-bond acceptors (Lipinski definition) is 5. The van der Waals surface area contributed by atoms with Crippen LogP contribution in [-0.4, -0.2) is 30.0 Å². The van der Waals surface area contributed by atoms with Crippen molar-refractivity contribution in [1.29, 1.82) is 0 Å². The summed E-state index contributed by atoms with van der Waals surface area (Å²) in [7, 11) is -2.80. The molecule has 0 aliphatic heterocycles. The van der Waals surface area contributed by atoms with Gasteiger partial charge in [-0.2, -0.15) is 8.42 Å². The molecule has 1 aliphatic carbocycles.